The molecule has 1 aromatic heterocycles. The van der Waals surface area contributed by atoms with Crippen molar-refractivity contribution in [3.8, 4) is 22.7 Å². The second-order valence-electron chi connectivity index (χ2n) is 8.47. The van der Waals surface area contributed by atoms with Gasteiger partial charge in [0, 0.05) is 28.5 Å². The number of rotatable bonds is 8. The van der Waals surface area contributed by atoms with E-state index in [1.54, 1.807) is 7.11 Å². The monoisotopic (exact) mass is 472 g/mol. The van der Waals surface area contributed by atoms with Crippen LogP contribution in [0.25, 0.3) is 16.9 Å². The average molecular weight is 473 g/mol. The Bertz CT molecular complexity index is 1260. The van der Waals surface area contributed by atoms with Crippen LogP contribution in [0.15, 0.2) is 84.9 Å². The number of ether oxygens (including phenoxy) is 1. The first-order valence-corrected chi connectivity index (χ1v) is 11.8. The van der Waals surface area contributed by atoms with E-state index in [0.29, 0.717) is 10.6 Å². The molecule has 4 rings (SSSR count). The summed E-state index contributed by atoms with van der Waals surface area (Å²) in [6.45, 7) is 4.03. The number of amides is 1. The van der Waals surface area contributed by atoms with Crippen LogP contribution < -0.4 is 10.1 Å². The molecule has 5 heteroatoms. The predicted octanol–water partition coefficient (Wildman–Crippen LogP) is 6.87. The highest BCUT2D eigenvalue weighted by Crippen LogP contribution is 2.31. The van der Waals surface area contributed by atoms with Crippen LogP contribution in [-0.2, 0) is 6.42 Å². The van der Waals surface area contributed by atoms with Crippen molar-refractivity contribution in [2.45, 2.75) is 32.7 Å². The molecule has 1 unspecified atom stereocenters. The third kappa shape index (κ3) is 5.35. The fourth-order valence-corrected chi connectivity index (χ4v) is 4.28. The summed E-state index contributed by atoms with van der Waals surface area (Å²) in [4.78, 5) is 13.3. The minimum Gasteiger partial charge on any atom is -0.497 e. The quantitative estimate of drug-likeness (QED) is 0.304. The Labute approximate surface area is 206 Å². The lowest BCUT2D eigenvalue weighted by Crippen LogP contribution is -2.33. The maximum absolute atomic E-state index is 13.3. The van der Waals surface area contributed by atoms with E-state index in [1.807, 2.05) is 79.7 Å². The van der Waals surface area contributed by atoms with Gasteiger partial charge in [0.25, 0.3) is 5.91 Å². The van der Waals surface area contributed by atoms with Crippen LogP contribution in [0, 0.1) is 6.92 Å². The van der Waals surface area contributed by atoms with Gasteiger partial charge in [-0.15, -0.1) is 0 Å². The zero-order valence-corrected chi connectivity index (χ0v) is 20.5. The molecule has 0 aliphatic heterocycles. The maximum atomic E-state index is 13.3. The molecule has 3 aromatic carbocycles. The maximum Gasteiger partial charge on any atom is 0.253 e. The number of hydrogen-bond donors (Lipinski definition) is 1. The Balaban J connectivity index is 1.64. The fraction of sp³-hybridized carbons (Fsp3) is 0.207. The van der Waals surface area contributed by atoms with Gasteiger partial charge in [-0.1, -0.05) is 60.1 Å². The molecule has 0 aliphatic rings. The summed E-state index contributed by atoms with van der Waals surface area (Å²) in [7, 11) is 1.65. The van der Waals surface area contributed by atoms with Crippen molar-refractivity contribution >= 4 is 17.5 Å². The first-order chi connectivity index (χ1) is 16.5. The highest BCUT2D eigenvalue weighted by atomic mass is 35.5. The first-order valence-electron chi connectivity index (χ1n) is 11.4. The summed E-state index contributed by atoms with van der Waals surface area (Å²) in [5.74, 6) is 0.683. The number of hydrogen-bond acceptors (Lipinski definition) is 2. The van der Waals surface area contributed by atoms with E-state index in [4.69, 9.17) is 16.3 Å². The van der Waals surface area contributed by atoms with E-state index in [0.717, 1.165) is 41.2 Å². The molecule has 4 aromatic rings. The van der Waals surface area contributed by atoms with E-state index in [9.17, 15) is 4.79 Å². The Morgan fingerprint density at radius 3 is 2.44 bits per heavy atom. The van der Waals surface area contributed by atoms with Crippen molar-refractivity contribution in [1.29, 1.82) is 0 Å². The lowest BCUT2D eigenvalue weighted by molar-refractivity contribution is 0.0938. The van der Waals surface area contributed by atoms with Gasteiger partial charge in [0.05, 0.1) is 18.4 Å². The Kier molecular flexibility index (Phi) is 7.39. The van der Waals surface area contributed by atoms with Crippen LogP contribution in [0.5, 0.6) is 5.75 Å². The Morgan fingerprint density at radius 2 is 1.74 bits per heavy atom. The van der Waals surface area contributed by atoms with E-state index in [2.05, 4.69) is 28.9 Å². The van der Waals surface area contributed by atoms with Gasteiger partial charge in [0.2, 0.25) is 0 Å². The zero-order chi connectivity index (χ0) is 24.1. The first kappa shape index (κ1) is 23.7. The minimum atomic E-state index is -0.0741. The van der Waals surface area contributed by atoms with Crippen LogP contribution in [0.2, 0.25) is 5.02 Å². The second kappa shape index (κ2) is 10.6. The van der Waals surface area contributed by atoms with Gasteiger partial charge in [-0.3, -0.25) is 4.79 Å². The normalized spacial score (nSPS) is 11.8. The van der Waals surface area contributed by atoms with Gasteiger partial charge in [-0.2, -0.15) is 0 Å². The van der Waals surface area contributed by atoms with Crippen molar-refractivity contribution in [1.82, 2.24) is 9.88 Å². The summed E-state index contributed by atoms with van der Waals surface area (Å²) in [6, 6.07) is 27.8. The molecule has 1 N–H and O–H groups in total. The van der Waals surface area contributed by atoms with Gasteiger partial charge in [-0.05, 0) is 68.1 Å². The lowest BCUT2D eigenvalue weighted by Gasteiger charge is -2.15. The summed E-state index contributed by atoms with van der Waals surface area (Å²) in [5.41, 5.74) is 5.62. The Morgan fingerprint density at radius 1 is 1.00 bits per heavy atom. The molecular formula is C29H29ClN2O2. The van der Waals surface area contributed by atoms with Gasteiger partial charge >= 0.3 is 0 Å². The molecule has 0 bridgehead atoms. The lowest BCUT2D eigenvalue weighted by atomic mass is 10.1. The van der Waals surface area contributed by atoms with Crippen molar-refractivity contribution in [3.05, 3.63) is 107 Å². The third-order valence-electron chi connectivity index (χ3n) is 6.03. The number of halogens is 1. The summed E-state index contributed by atoms with van der Waals surface area (Å²) < 4.78 is 7.53. The molecule has 1 amide bonds. The molecule has 0 fully saturated rings. The third-order valence-corrected chi connectivity index (χ3v) is 6.28. The molecular weight excluding hydrogens is 444 g/mol. The molecule has 4 nitrogen and oxygen atoms in total. The number of methoxy groups -OCH3 is 1. The average Bonchev–Trinajstić information content (AvgIpc) is 3.21. The summed E-state index contributed by atoms with van der Waals surface area (Å²) >= 11 is 6.13. The number of carbonyl (C=O) groups excluding carboxylic acids is 1. The van der Waals surface area contributed by atoms with Gasteiger partial charge < -0.3 is 14.6 Å². The fourth-order valence-electron chi connectivity index (χ4n) is 4.15. The van der Waals surface area contributed by atoms with E-state index < -0.39 is 0 Å². The van der Waals surface area contributed by atoms with Crippen molar-refractivity contribution in [2.75, 3.05) is 7.11 Å². The minimum absolute atomic E-state index is 0.0475. The number of nitrogens with one attached hydrogen (secondary N) is 1. The van der Waals surface area contributed by atoms with Gasteiger partial charge in [0.15, 0.2) is 0 Å². The number of nitrogens with zero attached hydrogens (tertiary/aromatic N) is 1. The molecule has 0 aliphatic carbocycles. The van der Waals surface area contributed by atoms with E-state index in [1.165, 1.54) is 5.56 Å². The standard InChI is InChI=1S/C29H29ClN2O2/c1-20(12-13-22-8-5-4-6-9-22)31-29(33)27-19-28(23-14-16-24(30)17-15-23)32(21(27)2)25-10-7-11-26(18-25)34-3/h4-11,14-20H,12-13H2,1-3H3,(H,31,33). The van der Waals surface area contributed by atoms with Crippen molar-refractivity contribution in [3.63, 3.8) is 0 Å². The highest BCUT2D eigenvalue weighted by molar-refractivity contribution is 6.30. The predicted molar refractivity (Wildman–Crippen MR) is 139 cm³/mol. The van der Waals surface area contributed by atoms with Gasteiger partial charge in [0.1, 0.15) is 5.75 Å². The van der Waals surface area contributed by atoms with Gasteiger partial charge in [-0.25, -0.2) is 0 Å². The number of aryl methyl sites for hydroxylation is 1. The highest BCUT2D eigenvalue weighted by Gasteiger charge is 2.21. The SMILES string of the molecule is COc1cccc(-n2c(-c3ccc(Cl)cc3)cc(C(=O)NC(C)CCc3ccccc3)c2C)c1. The van der Waals surface area contributed by atoms with E-state index in [-0.39, 0.29) is 11.9 Å². The zero-order valence-electron chi connectivity index (χ0n) is 19.7. The number of aromatic nitrogens is 1. The second-order valence-corrected chi connectivity index (χ2v) is 8.91. The van der Waals surface area contributed by atoms with Crippen molar-refractivity contribution in [2.24, 2.45) is 0 Å². The molecule has 1 atom stereocenters. The Hall–Kier alpha value is -3.50. The van der Waals surface area contributed by atoms with Crippen LogP contribution in [0.3, 0.4) is 0 Å². The summed E-state index contributed by atoms with van der Waals surface area (Å²) in [5, 5.41) is 3.86. The van der Waals surface area contributed by atoms with Crippen LogP contribution >= 0.6 is 11.6 Å². The molecule has 0 spiro atoms. The van der Waals surface area contributed by atoms with Crippen LogP contribution in [0.4, 0.5) is 0 Å². The molecule has 0 radical (unpaired) electrons. The molecule has 34 heavy (non-hydrogen) atoms. The smallest absolute Gasteiger partial charge is 0.253 e. The molecule has 0 saturated heterocycles. The van der Waals surface area contributed by atoms with Crippen molar-refractivity contribution < 1.29 is 9.53 Å². The van der Waals surface area contributed by atoms with Crippen LogP contribution in [0.1, 0.15) is 35.0 Å². The summed E-state index contributed by atoms with van der Waals surface area (Å²) in [6.07, 6.45) is 1.79. The largest absolute Gasteiger partial charge is 0.497 e. The van der Waals surface area contributed by atoms with Crippen LogP contribution in [-0.4, -0.2) is 23.6 Å². The van der Waals surface area contributed by atoms with E-state index >= 15 is 0 Å². The molecule has 174 valence electrons. The number of carbonyl (C=O) groups is 1. The molecule has 0 saturated carbocycles. The number of benzene rings is 3. The molecule has 1 heterocycles. The topological polar surface area (TPSA) is 43.3 Å².